The Hall–Kier alpha value is -0.160. The second kappa shape index (κ2) is 8.90. The van der Waals surface area contributed by atoms with Crippen LogP contribution in [0.4, 0.5) is 0 Å². The van der Waals surface area contributed by atoms with Gasteiger partial charge in [-0.3, -0.25) is 0 Å². The number of rotatable bonds is 9. The molecule has 2 N–H and O–H groups in total. The lowest BCUT2D eigenvalue weighted by molar-refractivity contribution is 0.116. The SMILES string of the molecule is CCN(CC)CC(O)CNCC1CCN(C(C)C)C1. The highest BCUT2D eigenvalue weighted by atomic mass is 16.3. The number of aliphatic hydroxyl groups is 1. The largest absolute Gasteiger partial charge is 0.390 e. The van der Waals surface area contributed by atoms with E-state index in [1.165, 1.54) is 19.5 Å². The zero-order valence-corrected chi connectivity index (χ0v) is 13.2. The first-order valence-corrected chi connectivity index (χ1v) is 7.91. The van der Waals surface area contributed by atoms with Gasteiger partial charge >= 0.3 is 0 Å². The third-order valence-corrected chi connectivity index (χ3v) is 4.22. The lowest BCUT2D eigenvalue weighted by Gasteiger charge is -2.23. The summed E-state index contributed by atoms with van der Waals surface area (Å²) in [6, 6.07) is 0.665. The topological polar surface area (TPSA) is 38.7 Å². The smallest absolute Gasteiger partial charge is 0.0791 e. The number of aliphatic hydroxyl groups excluding tert-OH is 1. The van der Waals surface area contributed by atoms with E-state index in [-0.39, 0.29) is 6.10 Å². The normalized spacial score (nSPS) is 22.6. The molecule has 1 fully saturated rings. The van der Waals surface area contributed by atoms with Crippen LogP contribution in [-0.2, 0) is 0 Å². The Morgan fingerprint density at radius 3 is 2.53 bits per heavy atom. The molecule has 2 atom stereocenters. The molecule has 1 saturated heterocycles. The van der Waals surface area contributed by atoms with Gasteiger partial charge in [0, 0.05) is 25.7 Å². The zero-order chi connectivity index (χ0) is 14.3. The van der Waals surface area contributed by atoms with E-state index in [9.17, 15) is 5.11 Å². The van der Waals surface area contributed by atoms with Crippen molar-refractivity contribution in [3.63, 3.8) is 0 Å². The van der Waals surface area contributed by atoms with E-state index in [0.29, 0.717) is 12.6 Å². The Kier molecular flexibility index (Phi) is 7.91. The Labute approximate surface area is 119 Å². The molecule has 0 bridgehead atoms. The van der Waals surface area contributed by atoms with Crippen LogP contribution >= 0.6 is 0 Å². The summed E-state index contributed by atoms with van der Waals surface area (Å²) in [6.07, 6.45) is 1.04. The van der Waals surface area contributed by atoms with Crippen molar-refractivity contribution >= 4 is 0 Å². The quantitative estimate of drug-likeness (QED) is 0.656. The highest BCUT2D eigenvalue weighted by Gasteiger charge is 2.23. The van der Waals surface area contributed by atoms with Gasteiger partial charge in [-0.15, -0.1) is 0 Å². The maximum absolute atomic E-state index is 9.98. The van der Waals surface area contributed by atoms with Crippen LogP contribution in [0.2, 0.25) is 0 Å². The van der Waals surface area contributed by atoms with Gasteiger partial charge in [0.25, 0.3) is 0 Å². The van der Waals surface area contributed by atoms with Crippen molar-refractivity contribution in [3.8, 4) is 0 Å². The predicted octanol–water partition coefficient (Wildman–Crippen LogP) is 1.01. The first kappa shape index (κ1) is 16.9. The molecular formula is C15H33N3O. The summed E-state index contributed by atoms with van der Waals surface area (Å²) in [5, 5.41) is 13.4. The second-order valence-electron chi connectivity index (χ2n) is 6.04. The van der Waals surface area contributed by atoms with Crippen LogP contribution in [-0.4, -0.2) is 72.9 Å². The number of nitrogens with zero attached hydrogens (tertiary/aromatic N) is 2. The second-order valence-corrected chi connectivity index (χ2v) is 6.04. The van der Waals surface area contributed by atoms with E-state index in [1.807, 2.05) is 0 Å². The molecular weight excluding hydrogens is 238 g/mol. The molecule has 19 heavy (non-hydrogen) atoms. The number of likely N-dealkylation sites (tertiary alicyclic amines) is 1. The van der Waals surface area contributed by atoms with E-state index in [1.54, 1.807) is 0 Å². The highest BCUT2D eigenvalue weighted by Crippen LogP contribution is 2.17. The maximum Gasteiger partial charge on any atom is 0.0791 e. The summed E-state index contributed by atoms with van der Waals surface area (Å²) < 4.78 is 0. The average molecular weight is 271 g/mol. The molecule has 0 saturated carbocycles. The molecule has 2 unspecified atom stereocenters. The Bertz CT molecular complexity index is 231. The molecule has 1 aliphatic rings. The minimum absolute atomic E-state index is 0.248. The molecule has 4 heteroatoms. The van der Waals surface area contributed by atoms with Crippen LogP contribution in [0.1, 0.15) is 34.1 Å². The van der Waals surface area contributed by atoms with Crippen molar-refractivity contribution in [3.05, 3.63) is 0 Å². The van der Waals surface area contributed by atoms with Crippen molar-refractivity contribution in [2.24, 2.45) is 5.92 Å². The zero-order valence-electron chi connectivity index (χ0n) is 13.2. The molecule has 1 rings (SSSR count). The minimum atomic E-state index is -0.248. The third-order valence-electron chi connectivity index (χ3n) is 4.22. The van der Waals surface area contributed by atoms with Gasteiger partial charge in [-0.2, -0.15) is 0 Å². The fourth-order valence-electron chi connectivity index (χ4n) is 2.80. The van der Waals surface area contributed by atoms with Gasteiger partial charge in [-0.05, 0) is 52.4 Å². The van der Waals surface area contributed by atoms with Gasteiger partial charge in [0.1, 0.15) is 0 Å². The first-order chi connectivity index (χ1) is 9.06. The molecule has 0 radical (unpaired) electrons. The number of hydrogen-bond acceptors (Lipinski definition) is 4. The highest BCUT2D eigenvalue weighted by molar-refractivity contribution is 4.79. The molecule has 1 heterocycles. The molecule has 0 spiro atoms. The average Bonchev–Trinajstić information content (AvgIpc) is 2.85. The predicted molar refractivity (Wildman–Crippen MR) is 81.5 cm³/mol. The summed E-state index contributed by atoms with van der Waals surface area (Å²) in [5.74, 6) is 0.753. The molecule has 4 nitrogen and oxygen atoms in total. The summed E-state index contributed by atoms with van der Waals surface area (Å²) in [7, 11) is 0. The Morgan fingerprint density at radius 1 is 1.32 bits per heavy atom. The lowest BCUT2D eigenvalue weighted by Crippen LogP contribution is -2.39. The van der Waals surface area contributed by atoms with Crippen LogP contribution in [0.15, 0.2) is 0 Å². The van der Waals surface area contributed by atoms with Gasteiger partial charge in [0.2, 0.25) is 0 Å². The van der Waals surface area contributed by atoms with E-state index in [4.69, 9.17) is 0 Å². The fraction of sp³-hybridized carbons (Fsp3) is 1.00. The van der Waals surface area contributed by atoms with Crippen molar-refractivity contribution in [1.82, 2.24) is 15.1 Å². The molecule has 0 aromatic heterocycles. The maximum atomic E-state index is 9.98. The molecule has 114 valence electrons. The van der Waals surface area contributed by atoms with Crippen molar-refractivity contribution in [1.29, 1.82) is 0 Å². The molecule has 0 aromatic rings. The molecule has 0 amide bonds. The standard InChI is InChI=1S/C15H33N3O/c1-5-17(6-2)12-15(19)10-16-9-14-7-8-18(11-14)13(3)4/h13-16,19H,5-12H2,1-4H3. The van der Waals surface area contributed by atoms with Gasteiger partial charge in [-0.25, -0.2) is 0 Å². The van der Waals surface area contributed by atoms with Crippen LogP contribution in [0.5, 0.6) is 0 Å². The van der Waals surface area contributed by atoms with Crippen LogP contribution < -0.4 is 5.32 Å². The lowest BCUT2D eigenvalue weighted by atomic mass is 10.1. The monoisotopic (exact) mass is 271 g/mol. The van der Waals surface area contributed by atoms with Crippen molar-refractivity contribution in [2.75, 3.05) is 45.8 Å². The van der Waals surface area contributed by atoms with Crippen LogP contribution in [0.3, 0.4) is 0 Å². The van der Waals surface area contributed by atoms with E-state index in [2.05, 4.69) is 42.8 Å². The van der Waals surface area contributed by atoms with Crippen molar-refractivity contribution in [2.45, 2.75) is 46.3 Å². The Morgan fingerprint density at radius 2 is 2.00 bits per heavy atom. The summed E-state index contributed by atoms with van der Waals surface area (Å²) >= 11 is 0. The van der Waals surface area contributed by atoms with E-state index < -0.39 is 0 Å². The van der Waals surface area contributed by atoms with E-state index in [0.717, 1.165) is 32.1 Å². The van der Waals surface area contributed by atoms with Gasteiger partial charge < -0.3 is 20.2 Å². The minimum Gasteiger partial charge on any atom is -0.390 e. The van der Waals surface area contributed by atoms with Crippen molar-refractivity contribution < 1.29 is 5.11 Å². The third kappa shape index (κ3) is 6.21. The van der Waals surface area contributed by atoms with Crippen LogP contribution in [0, 0.1) is 5.92 Å². The Balaban J connectivity index is 2.10. The number of likely N-dealkylation sites (N-methyl/N-ethyl adjacent to an activating group) is 1. The van der Waals surface area contributed by atoms with E-state index >= 15 is 0 Å². The van der Waals surface area contributed by atoms with Gasteiger partial charge in [-0.1, -0.05) is 13.8 Å². The van der Waals surface area contributed by atoms with Gasteiger partial charge in [0.15, 0.2) is 0 Å². The molecule has 1 aliphatic heterocycles. The summed E-state index contributed by atoms with van der Waals surface area (Å²) in [6.45, 7) is 15.8. The van der Waals surface area contributed by atoms with Gasteiger partial charge in [0.05, 0.1) is 6.10 Å². The molecule has 0 aromatic carbocycles. The number of hydrogen-bond donors (Lipinski definition) is 2. The first-order valence-electron chi connectivity index (χ1n) is 7.91. The molecule has 0 aliphatic carbocycles. The number of nitrogens with one attached hydrogen (secondary N) is 1. The van der Waals surface area contributed by atoms with Crippen LogP contribution in [0.25, 0.3) is 0 Å². The fourth-order valence-corrected chi connectivity index (χ4v) is 2.80. The summed E-state index contributed by atoms with van der Waals surface area (Å²) in [4.78, 5) is 4.81. The summed E-state index contributed by atoms with van der Waals surface area (Å²) in [5.41, 5.74) is 0.